The van der Waals surface area contributed by atoms with Crippen molar-refractivity contribution in [2.24, 2.45) is 0 Å². The molecule has 172 valence electrons. The van der Waals surface area contributed by atoms with Gasteiger partial charge in [0.1, 0.15) is 0 Å². The summed E-state index contributed by atoms with van der Waals surface area (Å²) in [6, 6.07) is 12.6. The van der Waals surface area contributed by atoms with Crippen LogP contribution < -0.4 is 0 Å². The molecule has 0 aliphatic carbocycles. The lowest BCUT2D eigenvalue weighted by atomic mass is 10.1. The quantitative estimate of drug-likeness (QED) is 0.468. The third-order valence-electron chi connectivity index (χ3n) is 4.10. The van der Waals surface area contributed by atoms with E-state index < -0.39 is 11.7 Å². The van der Waals surface area contributed by atoms with Crippen LogP contribution in [0.2, 0.25) is 5.02 Å². The molecule has 2 amide bonds. The lowest BCUT2D eigenvalue weighted by Crippen LogP contribution is -2.33. The van der Waals surface area contributed by atoms with Crippen molar-refractivity contribution in [2.75, 3.05) is 19.6 Å². The summed E-state index contributed by atoms with van der Waals surface area (Å²) in [5.74, 6) is 0. The molecule has 0 N–H and O–H groups in total. The van der Waals surface area contributed by atoms with Crippen LogP contribution in [0.25, 0.3) is 0 Å². The van der Waals surface area contributed by atoms with Crippen molar-refractivity contribution in [2.45, 2.75) is 40.4 Å². The van der Waals surface area contributed by atoms with E-state index in [4.69, 9.17) is 11.6 Å². The van der Waals surface area contributed by atoms with E-state index in [-0.39, 0.29) is 13.1 Å². The Morgan fingerprint density at radius 2 is 1.52 bits per heavy atom. The first-order chi connectivity index (χ1) is 14.7. The van der Waals surface area contributed by atoms with Gasteiger partial charge in [-0.3, -0.25) is 9.59 Å². The van der Waals surface area contributed by atoms with Gasteiger partial charge in [0.25, 0.3) is 0 Å². The summed E-state index contributed by atoms with van der Waals surface area (Å²) in [7, 11) is 0. The lowest BCUT2D eigenvalue weighted by Gasteiger charge is -2.22. The molecule has 0 fully saturated rings. The van der Waals surface area contributed by atoms with E-state index in [0.29, 0.717) is 31.5 Å². The van der Waals surface area contributed by atoms with E-state index in [1.807, 2.05) is 45.0 Å². The van der Waals surface area contributed by atoms with Crippen molar-refractivity contribution in [1.29, 1.82) is 0 Å². The number of carbonyl (C=O) groups excluding carboxylic acids is 2. The molecule has 0 bridgehead atoms. The third kappa shape index (κ3) is 11.4. The fourth-order valence-corrected chi connectivity index (χ4v) is 2.48. The molecule has 0 spiro atoms. The zero-order chi connectivity index (χ0) is 23.9. The van der Waals surface area contributed by atoms with Crippen molar-refractivity contribution in [3.8, 4) is 0 Å². The molecule has 0 aliphatic heterocycles. The van der Waals surface area contributed by atoms with Gasteiger partial charge in [-0.15, -0.1) is 0 Å². The number of likely N-dealkylation sites (N-methyl/N-ethyl adjacent to an activating group) is 1. The molecular formula is C23H30ClF3N2O2. The van der Waals surface area contributed by atoms with Gasteiger partial charge in [-0.1, -0.05) is 55.8 Å². The molecule has 0 heterocycles. The fourth-order valence-electron chi connectivity index (χ4n) is 2.34. The van der Waals surface area contributed by atoms with Gasteiger partial charge in [0, 0.05) is 31.2 Å². The molecule has 0 saturated carbocycles. The minimum atomic E-state index is -4.40. The largest absolute Gasteiger partial charge is 0.416 e. The number of hydrogen-bond donors (Lipinski definition) is 0. The maximum Gasteiger partial charge on any atom is 0.416 e. The first-order valence-electron chi connectivity index (χ1n) is 9.97. The number of benzene rings is 2. The van der Waals surface area contributed by atoms with E-state index in [1.54, 1.807) is 6.92 Å². The van der Waals surface area contributed by atoms with Gasteiger partial charge in [-0.05, 0) is 43.2 Å². The highest BCUT2D eigenvalue weighted by Gasteiger charge is 2.30. The maximum absolute atomic E-state index is 12.6. The Kier molecular flexibility index (Phi) is 14.0. The molecule has 0 radical (unpaired) electrons. The second kappa shape index (κ2) is 15.3. The Bertz CT molecular complexity index is 764. The van der Waals surface area contributed by atoms with Gasteiger partial charge in [-0.2, -0.15) is 13.2 Å². The summed E-state index contributed by atoms with van der Waals surface area (Å²) in [6.45, 7) is 8.99. The molecule has 8 heteroatoms. The predicted octanol–water partition coefficient (Wildman–Crippen LogP) is 5.82. The van der Waals surface area contributed by atoms with Crippen LogP contribution in [0.1, 0.15) is 37.5 Å². The maximum atomic E-state index is 12.6. The number of alkyl halides is 3. The molecule has 0 atom stereocenters. The normalized spacial score (nSPS) is 10.1. The number of amides is 2. The van der Waals surface area contributed by atoms with Crippen molar-refractivity contribution in [1.82, 2.24) is 9.80 Å². The molecule has 2 aromatic carbocycles. The summed E-state index contributed by atoms with van der Waals surface area (Å²) in [5.41, 5.74) is 0.786. The van der Waals surface area contributed by atoms with Gasteiger partial charge in [0.2, 0.25) is 12.8 Å². The van der Waals surface area contributed by atoms with Crippen molar-refractivity contribution >= 4 is 24.4 Å². The van der Waals surface area contributed by atoms with Crippen molar-refractivity contribution in [3.63, 3.8) is 0 Å². The molecule has 0 unspecified atom stereocenters. The molecule has 31 heavy (non-hydrogen) atoms. The Balaban J connectivity index is 0.000000745. The minimum Gasteiger partial charge on any atom is -0.344 e. The minimum absolute atomic E-state index is 0.0732. The molecular weight excluding hydrogens is 429 g/mol. The third-order valence-corrected chi connectivity index (χ3v) is 4.52. The van der Waals surface area contributed by atoms with Crippen LogP contribution in [0.5, 0.6) is 0 Å². The van der Waals surface area contributed by atoms with Gasteiger partial charge >= 0.3 is 6.18 Å². The molecule has 0 saturated heterocycles. The zero-order valence-corrected chi connectivity index (χ0v) is 19.1. The summed E-state index contributed by atoms with van der Waals surface area (Å²) >= 11 is 5.71. The molecule has 2 rings (SSSR count). The van der Waals surface area contributed by atoms with Crippen LogP contribution in [0.3, 0.4) is 0 Å². The summed E-state index contributed by atoms with van der Waals surface area (Å²) < 4.78 is 37.8. The first-order valence-corrected chi connectivity index (χ1v) is 10.3. The summed E-state index contributed by atoms with van der Waals surface area (Å²) in [6.07, 6.45) is -3.16. The predicted molar refractivity (Wildman–Crippen MR) is 119 cm³/mol. The van der Waals surface area contributed by atoms with Crippen LogP contribution in [0.15, 0.2) is 48.5 Å². The number of hydrogen-bond acceptors (Lipinski definition) is 2. The molecule has 4 nitrogen and oxygen atoms in total. The molecule has 0 aromatic heterocycles. The Morgan fingerprint density at radius 1 is 0.935 bits per heavy atom. The van der Waals surface area contributed by atoms with Crippen LogP contribution in [0.4, 0.5) is 13.2 Å². The smallest absolute Gasteiger partial charge is 0.344 e. The van der Waals surface area contributed by atoms with E-state index in [9.17, 15) is 22.8 Å². The average Bonchev–Trinajstić information content (AvgIpc) is 2.77. The second-order valence-corrected chi connectivity index (χ2v) is 6.66. The number of aryl methyl sites for hydroxylation is 1. The SMILES string of the molecule is CC.CCN(C=O)CCN(C=O)Cc1cccc(C(F)(F)F)c1.Cc1ccccc1Cl. The zero-order valence-electron chi connectivity index (χ0n) is 18.3. The van der Waals surface area contributed by atoms with E-state index >= 15 is 0 Å². The second-order valence-electron chi connectivity index (χ2n) is 6.26. The lowest BCUT2D eigenvalue weighted by molar-refractivity contribution is -0.137. The molecule has 0 aliphatic rings. The standard InChI is InChI=1S/C14H17F3N2O2.C7H7Cl.C2H6/c1-2-18(10-20)6-7-19(11-21)9-12-4-3-5-13(8-12)14(15,16)17;1-6-4-2-3-5-7(6)8;1-2/h3-5,8,10-11H,2,6-7,9H2,1H3;2-5H,1H3;1-2H3. The highest BCUT2D eigenvalue weighted by molar-refractivity contribution is 6.31. The highest BCUT2D eigenvalue weighted by atomic mass is 35.5. The monoisotopic (exact) mass is 458 g/mol. The Morgan fingerprint density at radius 3 is 1.97 bits per heavy atom. The summed E-state index contributed by atoms with van der Waals surface area (Å²) in [5, 5.41) is 0.840. The highest BCUT2D eigenvalue weighted by Crippen LogP contribution is 2.29. The Labute approximate surface area is 187 Å². The van der Waals surface area contributed by atoms with Crippen LogP contribution in [0, 0.1) is 6.92 Å². The number of nitrogens with zero attached hydrogens (tertiary/aromatic N) is 2. The number of rotatable bonds is 8. The fraction of sp³-hybridized carbons (Fsp3) is 0.391. The van der Waals surface area contributed by atoms with E-state index in [2.05, 4.69) is 0 Å². The Hall–Kier alpha value is -2.54. The van der Waals surface area contributed by atoms with E-state index in [0.717, 1.165) is 22.7 Å². The van der Waals surface area contributed by atoms with Crippen molar-refractivity contribution < 1.29 is 22.8 Å². The average molecular weight is 459 g/mol. The number of halogens is 4. The van der Waals surface area contributed by atoms with Crippen LogP contribution in [-0.4, -0.2) is 42.3 Å². The number of carbonyl (C=O) groups is 2. The first kappa shape index (κ1) is 28.5. The van der Waals surface area contributed by atoms with E-state index in [1.165, 1.54) is 21.9 Å². The topological polar surface area (TPSA) is 40.6 Å². The summed E-state index contributed by atoms with van der Waals surface area (Å²) in [4.78, 5) is 24.4. The van der Waals surface area contributed by atoms with Gasteiger partial charge in [0.05, 0.1) is 5.56 Å². The van der Waals surface area contributed by atoms with Gasteiger partial charge in [0.15, 0.2) is 0 Å². The van der Waals surface area contributed by atoms with Gasteiger partial charge in [-0.25, -0.2) is 0 Å². The van der Waals surface area contributed by atoms with Crippen LogP contribution in [-0.2, 0) is 22.3 Å². The molecule has 2 aromatic rings. The van der Waals surface area contributed by atoms with Crippen LogP contribution >= 0.6 is 11.6 Å². The van der Waals surface area contributed by atoms with Gasteiger partial charge < -0.3 is 9.80 Å². The van der Waals surface area contributed by atoms with Crippen molar-refractivity contribution in [3.05, 3.63) is 70.2 Å².